The third-order valence-electron chi connectivity index (χ3n) is 3.10. The van der Waals surface area contributed by atoms with Gasteiger partial charge in [0.2, 0.25) is 0 Å². The van der Waals surface area contributed by atoms with Crippen LogP contribution in [0, 0.1) is 11.3 Å². The molecule has 1 aromatic rings. The average Bonchev–Trinajstić information content (AvgIpc) is 2.85. The Balaban J connectivity index is 2.26. The van der Waals surface area contributed by atoms with E-state index >= 15 is 0 Å². The zero-order valence-electron chi connectivity index (χ0n) is 8.40. The van der Waals surface area contributed by atoms with E-state index in [0.717, 1.165) is 5.69 Å². The highest BCUT2D eigenvalue weighted by Gasteiger charge is 2.27. The monoisotopic (exact) mass is 189 g/mol. The fourth-order valence-electron chi connectivity index (χ4n) is 2.39. The van der Waals surface area contributed by atoms with Crippen LogP contribution in [0.25, 0.3) is 0 Å². The summed E-state index contributed by atoms with van der Waals surface area (Å²) in [5, 5.41) is 12.3. The first-order valence-corrected chi connectivity index (χ1v) is 5.11. The predicted octanol–water partition coefficient (Wildman–Crippen LogP) is 1.67. The maximum atomic E-state index is 8.94. The number of likely N-dealkylation sites (N-methyl/N-ethyl adjacent to an activating group) is 1. The van der Waals surface area contributed by atoms with Gasteiger partial charge in [0.25, 0.3) is 0 Å². The molecular weight excluding hydrogens is 174 g/mol. The van der Waals surface area contributed by atoms with Gasteiger partial charge in [0, 0.05) is 18.3 Å². The summed E-state index contributed by atoms with van der Waals surface area (Å²) in [6.07, 6.45) is 5.65. The van der Waals surface area contributed by atoms with E-state index in [0.29, 0.717) is 12.1 Å². The lowest BCUT2D eigenvalue weighted by Gasteiger charge is -2.21. The van der Waals surface area contributed by atoms with Crippen molar-refractivity contribution in [2.45, 2.75) is 31.3 Å². The van der Waals surface area contributed by atoms with Crippen LogP contribution in [-0.2, 0) is 0 Å². The van der Waals surface area contributed by atoms with Crippen LogP contribution in [0.5, 0.6) is 0 Å². The quantitative estimate of drug-likeness (QED) is 0.768. The first kappa shape index (κ1) is 9.29. The Morgan fingerprint density at radius 1 is 1.57 bits per heavy atom. The summed E-state index contributed by atoms with van der Waals surface area (Å²) in [6, 6.07) is 7.05. The van der Waals surface area contributed by atoms with Crippen LogP contribution in [0.3, 0.4) is 0 Å². The molecule has 0 amide bonds. The molecule has 0 bridgehead atoms. The first-order chi connectivity index (χ1) is 6.86. The standard InChI is InChI=1S/C11H15N3/c1-13-10-5-2-6-11(10)14-7-3-4-9(14)8-12/h3-4,7,10-11,13H,2,5-6H2,1H3. The molecule has 0 saturated heterocycles. The normalized spacial score (nSPS) is 26.3. The molecule has 2 unspecified atom stereocenters. The average molecular weight is 189 g/mol. The van der Waals surface area contributed by atoms with E-state index in [2.05, 4.69) is 16.0 Å². The van der Waals surface area contributed by atoms with Crippen molar-refractivity contribution in [2.24, 2.45) is 0 Å². The second-order valence-electron chi connectivity index (χ2n) is 3.81. The van der Waals surface area contributed by atoms with Crippen molar-refractivity contribution in [3.8, 4) is 6.07 Å². The number of nitrogens with zero attached hydrogens (tertiary/aromatic N) is 2. The van der Waals surface area contributed by atoms with E-state index in [1.54, 1.807) is 0 Å². The molecule has 2 rings (SSSR count). The lowest BCUT2D eigenvalue weighted by molar-refractivity contribution is 0.413. The van der Waals surface area contributed by atoms with Crippen LogP contribution in [0.4, 0.5) is 0 Å². The Labute approximate surface area is 84.3 Å². The number of rotatable bonds is 2. The zero-order valence-corrected chi connectivity index (χ0v) is 8.40. The molecule has 74 valence electrons. The van der Waals surface area contributed by atoms with Gasteiger partial charge in [-0.3, -0.25) is 0 Å². The molecule has 1 heterocycles. The molecule has 1 aromatic heterocycles. The molecule has 1 fully saturated rings. The number of nitrogens with one attached hydrogen (secondary N) is 1. The molecule has 3 nitrogen and oxygen atoms in total. The largest absolute Gasteiger partial charge is 0.335 e. The Morgan fingerprint density at radius 2 is 2.43 bits per heavy atom. The molecule has 0 spiro atoms. The van der Waals surface area contributed by atoms with Gasteiger partial charge in [0.1, 0.15) is 11.8 Å². The summed E-state index contributed by atoms with van der Waals surface area (Å²) in [7, 11) is 2.00. The van der Waals surface area contributed by atoms with Crippen molar-refractivity contribution < 1.29 is 0 Å². The van der Waals surface area contributed by atoms with E-state index in [9.17, 15) is 0 Å². The Morgan fingerprint density at radius 3 is 3.14 bits per heavy atom. The molecule has 0 aromatic carbocycles. The maximum absolute atomic E-state index is 8.94. The third kappa shape index (κ3) is 1.42. The third-order valence-corrected chi connectivity index (χ3v) is 3.10. The highest BCUT2D eigenvalue weighted by molar-refractivity contribution is 5.23. The molecule has 1 N–H and O–H groups in total. The molecule has 1 saturated carbocycles. The van der Waals surface area contributed by atoms with E-state index in [-0.39, 0.29) is 0 Å². The van der Waals surface area contributed by atoms with Crippen LogP contribution in [0.1, 0.15) is 31.0 Å². The van der Waals surface area contributed by atoms with Gasteiger partial charge in [-0.2, -0.15) is 5.26 Å². The fraction of sp³-hybridized carbons (Fsp3) is 0.545. The van der Waals surface area contributed by atoms with Crippen LogP contribution < -0.4 is 5.32 Å². The predicted molar refractivity (Wildman–Crippen MR) is 54.9 cm³/mol. The smallest absolute Gasteiger partial charge is 0.120 e. The molecule has 14 heavy (non-hydrogen) atoms. The van der Waals surface area contributed by atoms with Gasteiger partial charge in [-0.1, -0.05) is 0 Å². The maximum Gasteiger partial charge on any atom is 0.120 e. The SMILES string of the molecule is CNC1CCCC1n1cccc1C#N. The first-order valence-electron chi connectivity index (χ1n) is 5.11. The lowest BCUT2D eigenvalue weighted by atomic mass is 10.1. The second-order valence-corrected chi connectivity index (χ2v) is 3.81. The summed E-state index contributed by atoms with van der Waals surface area (Å²) in [5.41, 5.74) is 0.775. The van der Waals surface area contributed by atoms with Crippen molar-refractivity contribution in [1.29, 1.82) is 5.26 Å². The summed E-state index contributed by atoms with van der Waals surface area (Å²) >= 11 is 0. The Kier molecular flexibility index (Phi) is 2.55. The summed E-state index contributed by atoms with van der Waals surface area (Å²) in [4.78, 5) is 0. The number of hydrogen-bond donors (Lipinski definition) is 1. The topological polar surface area (TPSA) is 40.8 Å². The van der Waals surface area contributed by atoms with E-state index in [1.165, 1.54) is 19.3 Å². The molecule has 2 atom stereocenters. The van der Waals surface area contributed by atoms with Crippen molar-refractivity contribution in [3.63, 3.8) is 0 Å². The Hall–Kier alpha value is -1.27. The summed E-state index contributed by atoms with van der Waals surface area (Å²) in [6.45, 7) is 0. The van der Waals surface area contributed by atoms with Crippen LogP contribution >= 0.6 is 0 Å². The fourth-order valence-corrected chi connectivity index (χ4v) is 2.39. The highest BCUT2D eigenvalue weighted by atomic mass is 15.1. The molecule has 0 aliphatic heterocycles. The lowest BCUT2D eigenvalue weighted by Crippen LogP contribution is -2.31. The Bertz CT molecular complexity index is 348. The minimum absolute atomic E-state index is 0.463. The van der Waals surface area contributed by atoms with Gasteiger partial charge in [-0.05, 0) is 38.4 Å². The van der Waals surface area contributed by atoms with Crippen molar-refractivity contribution in [3.05, 3.63) is 24.0 Å². The van der Waals surface area contributed by atoms with Gasteiger partial charge >= 0.3 is 0 Å². The number of hydrogen-bond acceptors (Lipinski definition) is 2. The molecule has 1 aliphatic carbocycles. The van der Waals surface area contributed by atoms with Crippen molar-refractivity contribution in [1.82, 2.24) is 9.88 Å². The van der Waals surface area contributed by atoms with E-state index < -0.39 is 0 Å². The summed E-state index contributed by atoms with van der Waals surface area (Å²) < 4.78 is 2.11. The van der Waals surface area contributed by atoms with Crippen LogP contribution in [0.2, 0.25) is 0 Å². The number of aromatic nitrogens is 1. The van der Waals surface area contributed by atoms with E-state index in [4.69, 9.17) is 5.26 Å². The van der Waals surface area contributed by atoms with Crippen LogP contribution in [-0.4, -0.2) is 17.7 Å². The van der Waals surface area contributed by atoms with Gasteiger partial charge in [-0.15, -0.1) is 0 Å². The zero-order chi connectivity index (χ0) is 9.97. The molecule has 0 radical (unpaired) electrons. The minimum atomic E-state index is 0.463. The van der Waals surface area contributed by atoms with Crippen molar-refractivity contribution >= 4 is 0 Å². The molecule has 1 aliphatic rings. The summed E-state index contributed by atoms with van der Waals surface area (Å²) in [5.74, 6) is 0. The van der Waals surface area contributed by atoms with Gasteiger partial charge in [-0.25, -0.2) is 0 Å². The van der Waals surface area contributed by atoms with Gasteiger partial charge < -0.3 is 9.88 Å². The van der Waals surface area contributed by atoms with E-state index in [1.807, 2.05) is 25.4 Å². The van der Waals surface area contributed by atoms with Gasteiger partial charge in [0.05, 0.1) is 0 Å². The van der Waals surface area contributed by atoms with Gasteiger partial charge in [0.15, 0.2) is 0 Å². The minimum Gasteiger partial charge on any atom is -0.335 e. The molecule has 3 heteroatoms. The number of nitriles is 1. The van der Waals surface area contributed by atoms with Crippen LogP contribution in [0.15, 0.2) is 18.3 Å². The second kappa shape index (κ2) is 3.85. The molecular formula is C11H15N3. The van der Waals surface area contributed by atoms with Crippen molar-refractivity contribution in [2.75, 3.05) is 7.05 Å². The highest BCUT2D eigenvalue weighted by Crippen LogP contribution is 2.30.